The van der Waals surface area contributed by atoms with Crippen molar-refractivity contribution >= 4 is 42.0 Å². The fraction of sp³-hybridized carbons (Fsp3) is 0.476. The third-order valence-electron chi connectivity index (χ3n) is 8.85. The smallest absolute Gasteiger partial charge is 0.336 e. The first-order valence-electron chi connectivity index (χ1n) is 18.5. The average Bonchev–Trinajstić information content (AvgIpc) is 3.04. The van der Waals surface area contributed by atoms with E-state index in [-0.39, 0.29) is 36.9 Å². The minimum atomic E-state index is -3.55. The number of allylic oxidation sites excluding steroid dienone is 2. The zero-order chi connectivity index (χ0) is 39.9. The van der Waals surface area contributed by atoms with E-state index in [1.807, 2.05) is 96.2 Å². The number of amides is 4. The summed E-state index contributed by atoms with van der Waals surface area (Å²) in [5.74, 6) is -2.73. The number of nitrogens with two attached hydrogens (primary N) is 1. The highest BCUT2D eigenvalue weighted by Crippen LogP contribution is 2.57. The van der Waals surface area contributed by atoms with Gasteiger partial charge >= 0.3 is 7.60 Å². The van der Waals surface area contributed by atoms with Gasteiger partial charge in [0.1, 0.15) is 11.6 Å². The van der Waals surface area contributed by atoms with E-state index in [1.165, 1.54) is 13.8 Å². The normalized spacial score (nSPS) is 20.7. The van der Waals surface area contributed by atoms with Crippen molar-refractivity contribution in [3.63, 3.8) is 0 Å². The molecule has 1 heterocycles. The molecule has 0 aromatic heterocycles. The van der Waals surface area contributed by atoms with Crippen LogP contribution in [0.25, 0.3) is 10.8 Å². The highest BCUT2D eigenvalue weighted by Gasteiger charge is 2.36. The second kappa shape index (κ2) is 17.4. The number of benzene rings is 3. The molecular formula is C42H57N4O7P. The van der Waals surface area contributed by atoms with Gasteiger partial charge in [0, 0.05) is 18.9 Å². The van der Waals surface area contributed by atoms with E-state index in [4.69, 9.17) is 14.8 Å². The van der Waals surface area contributed by atoms with Gasteiger partial charge in [0.05, 0.1) is 23.8 Å². The van der Waals surface area contributed by atoms with E-state index in [2.05, 4.69) is 40.2 Å². The molecule has 0 radical (unpaired) electrons. The maximum atomic E-state index is 14.0. The van der Waals surface area contributed by atoms with Gasteiger partial charge in [-0.3, -0.25) is 23.7 Å². The molecule has 12 heteroatoms. The lowest BCUT2D eigenvalue weighted by atomic mass is 9.90. The quantitative estimate of drug-likeness (QED) is 0.137. The molecule has 1 aliphatic heterocycles. The van der Waals surface area contributed by atoms with E-state index < -0.39 is 54.5 Å². The van der Waals surface area contributed by atoms with Crippen LogP contribution in [0.15, 0.2) is 78.9 Å². The van der Waals surface area contributed by atoms with E-state index in [0.29, 0.717) is 12.8 Å². The number of nitrogens with one attached hydrogen (secondary N) is 3. The highest BCUT2D eigenvalue weighted by atomic mass is 31.2. The first kappa shape index (κ1) is 42.4. The monoisotopic (exact) mass is 760 g/mol. The van der Waals surface area contributed by atoms with Gasteiger partial charge in [-0.2, -0.15) is 0 Å². The van der Waals surface area contributed by atoms with Crippen LogP contribution in [0.1, 0.15) is 97.3 Å². The van der Waals surface area contributed by atoms with E-state index in [9.17, 15) is 23.7 Å². The molecule has 4 amide bonds. The Hall–Kier alpha value is -4.31. The Bertz CT molecular complexity index is 1870. The highest BCUT2D eigenvalue weighted by molar-refractivity contribution is 7.53. The summed E-state index contributed by atoms with van der Waals surface area (Å²) in [5, 5.41) is 10.6. The van der Waals surface area contributed by atoms with Crippen molar-refractivity contribution in [2.45, 2.75) is 116 Å². The predicted molar refractivity (Wildman–Crippen MR) is 213 cm³/mol. The fourth-order valence-corrected chi connectivity index (χ4v) is 9.03. The standard InChI is InChI=1S/C42H57N4O7P/c1-40(2,3)52-54(51,53-41(4,5)6)27-28-19-21-30(22-20-28)32-16-11-13-29(23-33-17-12-15-31-14-9-10-18-34(31)33)26-44-38(49)35(25-36(43)47)45-39(50)42(7,8)46-37(48)24-32/h9-12,14-22,29,32,35H,13,23-27H2,1-8H3,(H2,43,47)(H,44,49)(H,45,50)(H,46,48). The van der Waals surface area contributed by atoms with E-state index in [0.717, 1.165) is 27.5 Å². The summed E-state index contributed by atoms with van der Waals surface area (Å²) < 4.78 is 26.0. The number of carbonyl (C=O) groups excluding carboxylic acids is 4. The maximum absolute atomic E-state index is 14.0. The molecule has 1 aliphatic rings. The Morgan fingerprint density at radius 3 is 2.17 bits per heavy atom. The van der Waals surface area contributed by atoms with Crippen molar-refractivity contribution in [1.29, 1.82) is 0 Å². The molecule has 0 saturated carbocycles. The van der Waals surface area contributed by atoms with Crippen LogP contribution in [-0.4, -0.2) is 53.0 Å². The number of primary amides is 1. The number of hydrogen-bond donors (Lipinski definition) is 4. The zero-order valence-corrected chi connectivity index (χ0v) is 33.8. The number of fused-ring (bicyclic) bond motifs is 1. The minimum absolute atomic E-state index is 0.0290. The van der Waals surface area contributed by atoms with Gasteiger partial charge in [-0.15, -0.1) is 0 Å². The summed E-state index contributed by atoms with van der Waals surface area (Å²) in [6, 6.07) is 20.6. The van der Waals surface area contributed by atoms with E-state index in [1.54, 1.807) is 0 Å². The predicted octanol–water partition coefficient (Wildman–Crippen LogP) is 6.83. The molecule has 5 N–H and O–H groups in total. The summed E-state index contributed by atoms with van der Waals surface area (Å²) in [6.07, 6.45) is 4.94. The lowest BCUT2D eigenvalue weighted by Gasteiger charge is -2.32. The van der Waals surface area contributed by atoms with E-state index >= 15 is 0 Å². The summed E-state index contributed by atoms with van der Waals surface area (Å²) in [4.78, 5) is 52.4. The van der Waals surface area contributed by atoms with Crippen molar-refractivity contribution in [1.82, 2.24) is 16.0 Å². The van der Waals surface area contributed by atoms with Crippen molar-refractivity contribution in [2.75, 3.05) is 6.54 Å². The largest absolute Gasteiger partial charge is 0.370 e. The molecule has 4 rings (SSSR count). The summed E-state index contributed by atoms with van der Waals surface area (Å²) in [5.41, 5.74) is 5.41. The molecule has 0 aliphatic carbocycles. The van der Waals surface area contributed by atoms with Crippen LogP contribution in [-0.2, 0) is 45.4 Å². The molecule has 3 aromatic carbocycles. The molecule has 3 unspecified atom stereocenters. The molecule has 3 atom stereocenters. The summed E-state index contributed by atoms with van der Waals surface area (Å²) in [6.45, 7) is 14.4. The SMILES string of the molecule is CC(C)(C)OP(=O)(Cc1ccc(C2C=CCC(Cc3cccc4ccccc34)CNC(=O)C(CC(N)=O)NC(=O)C(C)(C)NC(=O)C2)cc1)OC(C)(C)C. The Morgan fingerprint density at radius 2 is 1.54 bits per heavy atom. The first-order chi connectivity index (χ1) is 25.1. The number of carbonyl (C=O) groups is 4. The molecule has 54 heavy (non-hydrogen) atoms. The Balaban J connectivity index is 1.67. The topological polar surface area (TPSA) is 166 Å². The van der Waals surface area contributed by atoms with Crippen molar-refractivity contribution in [2.24, 2.45) is 11.7 Å². The van der Waals surface area contributed by atoms with Gasteiger partial charge in [-0.1, -0.05) is 78.9 Å². The van der Waals surface area contributed by atoms with Crippen LogP contribution in [0.3, 0.4) is 0 Å². The van der Waals surface area contributed by atoms with Gasteiger partial charge in [-0.25, -0.2) is 0 Å². The first-order valence-corrected chi connectivity index (χ1v) is 20.2. The van der Waals surface area contributed by atoms with Gasteiger partial charge in [0.25, 0.3) is 0 Å². The van der Waals surface area contributed by atoms with Crippen LogP contribution in [0.4, 0.5) is 0 Å². The third-order valence-corrected chi connectivity index (χ3v) is 11.3. The van der Waals surface area contributed by atoms with Crippen LogP contribution in [0.2, 0.25) is 0 Å². The molecule has 0 saturated heterocycles. The van der Waals surface area contributed by atoms with Crippen molar-refractivity contribution in [3.8, 4) is 0 Å². The molecule has 11 nitrogen and oxygen atoms in total. The lowest BCUT2D eigenvalue weighted by molar-refractivity contribution is -0.136. The minimum Gasteiger partial charge on any atom is -0.370 e. The maximum Gasteiger partial charge on any atom is 0.336 e. The Labute approximate surface area is 319 Å². The zero-order valence-electron chi connectivity index (χ0n) is 32.9. The second-order valence-electron chi connectivity index (χ2n) is 16.7. The molecule has 0 bridgehead atoms. The van der Waals surface area contributed by atoms with Gasteiger partial charge in [0.2, 0.25) is 23.6 Å². The van der Waals surface area contributed by atoms with Crippen LogP contribution >= 0.6 is 7.60 Å². The molecule has 0 fully saturated rings. The lowest BCUT2D eigenvalue weighted by Crippen LogP contribution is -2.59. The third kappa shape index (κ3) is 12.9. The molecule has 3 aromatic rings. The number of hydrogen-bond acceptors (Lipinski definition) is 7. The van der Waals surface area contributed by atoms with Gasteiger partial charge in [0.15, 0.2) is 0 Å². The molecular weight excluding hydrogens is 703 g/mol. The van der Waals surface area contributed by atoms with Crippen LogP contribution < -0.4 is 21.7 Å². The van der Waals surface area contributed by atoms with Crippen LogP contribution in [0.5, 0.6) is 0 Å². The van der Waals surface area contributed by atoms with Gasteiger partial charge < -0.3 is 30.7 Å². The number of rotatable bonds is 9. The Morgan fingerprint density at radius 1 is 0.907 bits per heavy atom. The van der Waals surface area contributed by atoms with Gasteiger partial charge in [-0.05, 0) is 102 Å². The van der Waals surface area contributed by atoms with Crippen molar-refractivity contribution < 1.29 is 32.8 Å². The molecule has 0 spiro atoms. The second-order valence-corrected chi connectivity index (χ2v) is 18.6. The summed E-state index contributed by atoms with van der Waals surface area (Å²) in [7, 11) is -3.55. The Kier molecular flexibility index (Phi) is 13.7. The summed E-state index contributed by atoms with van der Waals surface area (Å²) >= 11 is 0. The fourth-order valence-electron chi connectivity index (χ4n) is 6.54. The van der Waals surface area contributed by atoms with Crippen molar-refractivity contribution in [3.05, 3.63) is 95.6 Å². The molecule has 292 valence electrons. The average molecular weight is 761 g/mol. The van der Waals surface area contributed by atoms with Crippen LogP contribution in [0, 0.1) is 5.92 Å².